The molecule has 5 nitrogen and oxygen atoms in total. The van der Waals surface area contributed by atoms with Gasteiger partial charge in [-0.3, -0.25) is 0 Å². The molecule has 0 spiro atoms. The van der Waals surface area contributed by atoms with Crippen molar-refractivity contribution in [3.8, 4) is 0 Å². The van der Waals surface area contributed by atoms with Gasteiger partial charge in [-0.05, 0) is 49.9 Å². The summed E-state index contributed by atoms with van der Waals surface area (Å²) in [7, 11) is 1.29. The largest absolute Gasteiger partial charge is 0.466 e. The number of esters is 1. The highest BCUT2D eigenvalue weighted by atomic mass is 32.1. The first-order valence-electron chi connectivity index (χ1n) is 8.88. The molecule has 1 atom stereocenters. The van der Waals surface area contributed by atoms with Crippen molar-refractivity contribution in [1.82, 2.24) is 15.1 Å². The molecule has 0 bridgehead atoms. The smallest absolute Gasteiger partial charge is 0.337 e. The number of nitrogens with zero attached hydrogens (tertiary/aromatic N) is 2. The molecule has 8 heteroatoms. The normalized spacial score (nSPS) is 17.4. The second-order valence-electron chi connectivity index (χ2n) is 6.23. The molecular weight excluding hydrogens is 372 g/mol. The van der Waals surface area contributed by atoms with E-state index in [-0.39, 0.29) is 0 Å². The van der Waals surface area contributed by atoms with Crippen molar-refractivity contribution in [2.24, 2.45) is 0 Å². The van der Waals surface area contributed by atoms with E-state index >= 15 is 0 Å². The maximum atomic E-state index is 13.7. The van der Waals surface area contributed by atoms with Crippen LogP contribution >= 0.6 is 12.2 Å². The molecule has 0 amide bonds. The fraction of sp³-hybridized carbons (Fsp3) is 0.474. The van der Waals surface area contributed by atoms with E-state index in [9.17, 15) is 13.6 Å². The summed E-state index contributed by atoms with van der Waals surface area (Å²) in [5.41, 5.74) is 1.38. The van der Waals surface area contributed by atoms with Crippen molar-refractivity contribution in [3.63, 3.8) is 0 Å². The van der Waals surface area contributed by atoms with Gasteiger partial charge in [-0.25, -0.2) is 13.6 Å². The lowest BCUT2D eigenvalue weighted by Gasteiger charge is -2.38. The van der Waals surface area contributed by atoms with Crippen molar-refractivity contribution >= 4 is 23.3 Å². The Kier molecular flexibility index (Phi) is 7.26. The van der Waals surface area contributed by atoms with Crippen molar-refractivity contribution in [3.05, 3.63) is 46.7 Å². The molecule has 0 fully saturated rings. The van der Waals surface area contributed by atoms with Gasteiger partial charge in [-0.1, -0.05) is 19.9 Å². The summed E-state index contributed by atoms with van der Waals surface area (Å²) in [6.45, 7) is 9.15. The van der Waals surface area contributed by atoms with Crippen LogP contribution in [0.2, 0.25) is 0 Å². The molecular formula is C19H25F2N3O2S. The van der Waals surface area contributed by atoms with E-state index in [1.807, 2.05) is 4.90 Å². The Hall–Kier alpha value is -2.06. The van der Waals surface area contributed by atoms with Gasteiger partial charge in [0, 0.05) is 18.8 Å². The number of halogens is 2. The fourth-order valence-corrected chi connectivity index (χ4v) is 3.49. The van der Waals surface area contributed by atoms with Gasteiger partial charge in [0.2, 0.25) is 0 Å². The summed E-state index contributed by atoms with van der Waals surface area (Å²) in [6, 6.07) is 2.83. The minimum atomic E-state index is -0.981. The maximum absolute atomic E-state index is 13.7. The molecule has 1 heterocycles. The number of benzene rings is 1. The van der Waals surface area contributed by atoms with Crippen molar-refractivity contribution < 1.29 is 18.3 Å². The van der Waals surface area contributed by atoms with Crippen molar-refractivity contribution in [1.29, 1.82) is 0 Å². The van der Waals surface area contributed by atoms with E-state index in [0.717, 1.165) is 31.8 Å². The lowest BCUT2D eigenvalue weighted by Crippen LogP contribution is -2.49. The van der Waals surface area contributed by atoms with Crippen LogP contribution in [-0.4, -0.2) is 54.2 Å². The number of hydrogen-bond acceptors (Lipinski definition) is 4. The fourth-order valence-electron chi connectivity index (χ4n) is 3.15. The van der Waals surface area contributed by atoms with Crippen LogP contribution in [0.1, 0.15) is 32.4 Å². The molecule has 0 aliphatic carbocycles. The Morgan fingerprint density at radius 1 is 1.30 bits per heavy atom. The van der Waals surface area contributed by atoms with Crippen LogP contribution in [0.15, 0.2) is 29.5 Å². The second-order valence-corrected chi connectivity index (χ2v) is 6.61. The van der Waals surface area contributed by atoms with E-state index in [2.05, 4.69) is 24.1 Å². The average Bonchev–Trinajstić information content (AvgIpc) is 2.65. The zero-order chi connectivity index (χ0) is 20.1. The number of ether oxygens (including phenoxy) is 1. The summed E-state index contributed by atoms with van der Waals surface area (Å²) in [6.07, 6.45) is 0. The molecule has 0 aromatic heterocycles. The molecule has 0 saturated carbocycles. The molecule has 27 heavy (non-hydrogen) atoms. The zero-order valence-electron chi connectivity index (χ0n) is 16.0. The number of rotatable bonds is 7. The van der Waals surface area contributed by atoms with Crippen molar-refractivity contribution in [2.75, 3.05) is 33.3 Å². The Balaban J connectivity index is 2.41. The first-order valence-corrected chi connectivity index (χ1v) is 9.29. The minimum Gasteiger partial charge on any atom is -0.466 e. The van der Waals surface area contributed by atoms with Gasteiger partial charge < -0.3 is 19.9 Å². The van der Waals surface area contributed by atoms with E-state index < -0.39 is 23.6 Å². The van der Waals surface area contributed by atoms with Gasteiger partial charge in [-0.2, -0.15) is 0 Å². The monoisotopic (exact) mass is 397 g/mol. The van der Waals surface area contributed by atoms with E-state index in [4.69, 9.17) is 17.0 Å². The van der Waals surface area contributed by atoms with Crippen LogP contribution in [0.25, 0.3) is 0 Å². The predicted octanol–water partition coefficient (Wildman–Crippen LogP) is 2.98. The Morgan fingerprint density at radius 2 is 1.96 bits per heavy atom. The summed E-state index contributed by atoms with van der Waals surface area (Å²) in [4.78, 5) is 16.5. The SMILES string of the molecule is CCN(CC)CCN1C(=S)N[C@@H](c2ccc(F)c(F)c2)C(C(=O)OC)=C1C. The Labute approximate surface area is 164 Å². The molecule has 0 radical (unpaired) electrons. The zero-order valence-corrected chi connectivity index (χ0v) is 16.8. The number of allylic oxidation sites excluding steroid dienone is 1. The van der Waals surface area contributed by atoms with Crippen LogP contribution in [0.4, 0.5) is 8.78 Å². The third-order valence-electron chi connectivity index (χ3n) is 4.81. The van der Waals surface area contributed by atoms with E-state index in [1.165, 1.54) is 13.2 Å². The lowest BCUT2D eigenvalue weighted by molar-refractivity contribution is -0.136. The minimum absolute atomic E-state index is 0.330. The number of carbonyl (C=O) groups excluding carboxylic acids is 1. The third-order valence-corrected chi connectivity index (χ3v) is 5.15. The topological polar surface area (TPSA) is 44.8 Å². The number of likely N-dealkylation sites (N-methyl/N-ethyl adjacent to an activating group) is 1. The molecule has 1 aromatic rings. The van der Waals surface area contributed by atoms with Crippen LogP contribution < -0.4 is 5.32 Å². The average molecular weight is 397 g/mol. The molecule has 0 unspecified atom stereocenters. The van der Waals surface area contributed by atoms with Gasteiger partial charge in [0.25, 0.3) is 0 Å². The molecule has 1 N–H and O–H groups in total. The summed E-state index contributed by atoms with van der Waals surface area (Å²) >= 11 is 5.48. The van der Waals surface area contributed by atoms with Gasteiger partial charge in [0.1, 0.15) is 0 Å². The third kappa shape index (κ3) is 4.62. The summed E-state index contributed by atoms with van der Waals surface area (Å²) in [5.74, 6) is -2.46. The molecule has 1 aliphatic rings. The highest BCUT2D eigenvalue weighted by Gasteiger charge is 2.34. The van der Waals surface area contributed by atoms with Crippen LogP contribution in [0.5, 0.6) is 0 Å². The number of hydrogen-bond donors (Lipinski definition) is 1. The maximum Gasteiger partial charge on any atom is 0.337 e. The summed E-state index contributed by atoms with van der Waals surface area (Å²) < 4.78 is 32.0. The predicted molar refractivity (Wildman–Crippen MR) is 104 cm³/mol. The Morgan fingerprint density at radius 3 is 2.52 bits per heavy atom. The first kappa shape index (κ1) is 21.2. The number of methoxy groups -OCH3 is 1. The van der Waals surface area contributed by atoms with Gasteiger partial charge in [0.05, 0.1) is 18.7 Å². The first-order chi connectivity index (χ1) is 12.8. The number of thiocarbonyl (C=S) groups is 1. The van der Waals surface area contributed by atoms with E-state index in [0.29, 0.717) is 28.5 Å². The molecule has 148 valence electrons. The number of carbonyl (C=O) groups is 1. The second kappa shape index (κ2) is 9.23. The number of nitrogens with one attached hydrogen (secondary N) is 1. The van der Waals surface area contributed by atoms with Gasteiger partial charge >= 0.3 is 5.97 Å². The summed E-state index contributed by atoms with van der Waals surface area (Å²) in [5, 5.41) is 3.51. The highest BCUT2D eigenvalue weighted by molar-refractivity contribution is 7.80. The van der Waals surface area contributed by atoms with Crippen LogP contribution in [0, 0.1) is 11.6 Å². The van der Waals surface area contributed by atoms with E-state index in [1.54, 1.807) is 6.92 Å². The van der Waals surface area contributed by atoms with Crippen LogP contribution in [-0.2, 0) is 9.53 Å². The molecule has 0 saturated heterocycles. The molecule has 1 aliphatic heterocycles. The van der Waals surface area contributed by atoms with Crippen molar-refractivity contribution in [2.45, 2.75) is 26.8 Å². The molecule has 2 rings (SSSR count). The Bertz CT molecular complexity index is 750. The van der Waals surface area contributed by atoms with Gasteiger partial charge in [-0.15, -0.1) is 0 Å². The standard InChI is InChI=1S/C19H25F2N3O2S/c1-5-23(6-2)9-10-24-12(3)16(18(25)26-4)17(22-19(24)27)13-7-8-14(20)15(21)11-13/h7-8,11,17H,5-6,9-10H2,1-4H3,(H,22,27)/t17-/m0/s1. The highest BCUT2D eigenvalue weighted by Crippen LogP contribution is 2.31. The van der Waals surface area contributed by atoms with Gasteiger partial charge in [0.15, 0.2) is 16.7 Å². The quantitative estimate of drug-likeness (QED) is 0.564. The molecule has 1 aromatic carbocycles. The lowest BCUT2D eigenvalue weighted by atomic mass is 9.95. The van der Waals surface area contributed by atoms with Crippen LogP contribution in [0.3, 0.4) is 0 Å².